The van der Waals surface area contributed by atoms with Crippen molar-refractivity contribution in [3.8, 4) is 5.75 Å². The van der Waals surface area contributed by atoms with Crippen LogP contribution in [-0.2, 0) is 4.74 Å². The molecule has 0 radical (unpaired) electrons. The Hall–Kier alpha value is -0.580. The first-order chi connectivity index (χ1) is 8.66. The van der Waals surface area contributed by atoms with E-state index in [4.69, 9.17) is 9.47 Å². The zero-order valence-corrected chi connectivity index (χ0v) is 12.5. The van der Waals surface area contributed by atoms with E-state index >= 15 is 0 Å². The third kappa shape index (κ3) is 3.70. The van der Waals surface area contributed by atoms with E-state index in [2.05, 4.69) is 41.2 Å². The van der Waals surface area contributed by atoms with Crippen LogP contribution in [0.25, 0.3) is 0 Å². The highest BCUT2D eigenvalue weighted by Crippen LogP contribution is 2.29. The molecule has 1 N–H and O–H groups in total. The summed E-state index contributed by atoms with van der Waals surface area (Å²) in [4.78, 5) is 0. The Morgan fingerprint density at radius 2 is 2.33 bits per heavy atom. The Balaban J connectivity index is 1.99. The molecule has 0 aliphatic carbocycles. The van der Waals surface area contributed by atoms with Gasteiger partial charge in [0.1, 0.15) is 18.5 Å². The lowest BCUT2D eigenvalue weighted by Crippen LogP contribution is -2.41. The van der Waals surface area contributed by atoms with Crippen molar-refractivity contribution in [3.63, 3.8) is 0 Å². The molecule has 100 valence electrons. The molecule has 4 heteroatoms. The SMILES string of the molecule is CC(C)c1cc(Br)ccc1OCC1CNCCO1. The van der Waals surface area contributed by atoms with Gasteiger partial charge in [-0.1, -0.05) is 29.8 Å². The molecule has 1 aliphatic rings. The topological polar surface area (TPSA) is 30.5 Å². The average Bonchev–Trinajstić information content (AvgIpc) is 2.38. The van der Waals surface area contributed by atoms with E-state index in [1.165, 1.54) is 5.56 Å². The maximum atomic E-state index is 5.91. The average molecular weight is 314 g/mol. The summed E-state index contributed by atoms with van der Waals surface area (Å²) in [6, 6.07) is 6.16. The maximum Gasteiger partial charge on any atom is 0.122 e. The van der Waals surface area contributed by atoms with Gasteiger partial charge in [-0.25, -0.2) is 0 Å². The lowest BCUT2D eigenvalue weighted by molar-refractivity contribution is -0.0000342. The molecule has 2 rings (SSSR count). The summed E-state index contributed by atoms with van der Waals surface area (Å²) in [5, 5.41) is 3.31. The summed E-state index contributed by atoms with van der Waals surface area (Å²) >= 11 is 3.50. The molecule has 0 spiro atoms. The summed E-state index contributed by atoms with van der Waals surface area (Å²) in [6.45, 7) is 7.53. The van der Waals surface area contributed by atoms with Gasteiger partial charge in [0.2, 0.25) is 0 Å². The van der Waals surface area contributed by atoms with Crippen LogP contribution in [0.5, 0.6) is 5.75 Å². The first-order valence-corrected chi connectivity index (χ1v) is 7.20. The van der Waals surface area contributed by atoms with Gasteiger partial charge in [-0.2, -0.15) is 0 Å². The fourth-order valence-electron chi connectivity index (χ4n) is 2.01. The van der Waals surface area contributed by atoms with Crippen LogP contribution in [0.2, 0.25) is 0 Å². The second kappa shape index (κ2) is 6.55. The van der Waals surface area contributed by atoms with Crippen molar-refractivity contribution in [2.24, 2.45) is 0 Å². The summed E-state index contributed by atoms with van der Waals surface area (Å²) in [5.41, 5.74) is 1.23. The van der Waals surface area contributed by atoms with Gasteiger partial charge >= 0.3 is 0 Å². The normalized spacial score (nSPS) is 20.1. The van der Waals surface area contributed by atoms with Crippen molar-refractivity contribution in [2.45, 2.75) is 25.9 Å². The predicted molar refractivity (Wildman–Crippen MR) is 76.3 cm³/mol. The van der Waals surface area contributed by atoms with Crippen LogP contribution in [-0.4, -0.2) is 32.4 Å². The largest absolute Gasteiger partial charge is 0.491 e. The number of nitrogens with one attached hydrogen (secondary N) is 1. The number of ether oxygens (including phenoxy) is 2. The number of hydrogen-bond donors (Lipinski definition) is 1. The zero-order chi connectivity index (χ0) is 13.0. The highest BCUT2D eigenvalue weighted by atomic mass is 79.9. The van der Waals surface area contributed by atoms with E-state index in [0.29, 0.717) is 12.5 Å². The van der Waals surface area contributed by atoms with Crippen LogP contribution in [0.4, 0.5) is 0 Å². The Labute approximate surface area is 117 Å². The molecule has 0 saturated carbocycles. The van der Waals surface area contributed by atoms with Gasteiger partial charge in [-0.3, -0.25) is 0 Å². The fourth-order valence-corrected chi connectivity index (χ4v) is 2.39. The predicted octanol–water partition coefficient (Wildman–Crippen LogP) is 2.94. The third-order valence-corrected chi connectivity index (χ3v) is 3.52. The van der Waals surface area contributed by atoms with Gasteiger partial charge < -0.3 is 14.8 Å². The summed E-state index contributed by atoms with van der Waals surface area (Å²) in [6.07, 6.45) is 0.155. The first-order valence-electron chi connectivity index (χ1n) is 6.41. The van der Waals surface area contributed by atoms with Gasteiger partial charge in [-0.15, -0.1) is 0 Å². The minimum Gasteiger partial charge on any atom is -0.491 e. The van der Waals surface area contributed by atoms with Crippen LogP contribution in [0.15, 0.2) is 22.7 Å². The lowest BCUT2D eigenvalue weighted by Gasteiger charge is -2.24. The molecule has 1 atom stereocenters. The third-order valence-electron chi connectivity index (χ3n) is 3.02. The highest BCUT2D eigenvalue weighted by Gasteiger charge is 2.15. The summed E-state index contributed by atoms with van der Waals surface area (Å²) in [5.74, 6) is 1.41. The number of hydrogen-bond acceptors (Lipinski definition) is 3. The van der Waals surface area contributed by atoms with Crippen LogP contribution in [0.1, 0.15) is 25.3 Å². The van der Waals surface area contributed by atoms with Crippen molar-refractivity contribution in [3.05, 3.63) is 28.2 Å². The molecule has 1 saturated heterocycles. The standard InChI is InChI=1S/C14H20BrNO2/c1-10(2)13-7-11(15)3-4-14(13)18-9-12-8-16-5-6-17-12/h3-4,7,10,12,16H,5-6,8-9H2,1-2H3. The second-order valence-electron chi connectivity index (χ2n) is 4.84. The van der Waals surface area contributed by atoms with Crippen molar-refractivity contribution < 1.29 is 9.47 Å². The van der Waals surface area contributed by atoms with Crippen LogP contribution in [0.3, 0.4) is 0 Å². The lowest BCUT2D eigenvalue weighted by atomic mass is 10.0. The molecular weight excluding hydrogens is 294 g/mol. The summed E-state index contributed by atoms with van der Waals surface area (Å²) < 4.78 is 12.6. The molecule has 1 aromatic carbocycles. The molecule has 1 heterocycles. The van der Waals surface area contributed by atoms with Crippen molar-refractivity contribution in [2.75, 3.05) is 26.3 Å². The number of benzene rings is 1. The van der Waals surface area contributed by atoms with E-state index in [-0.39, 0.29) is 6.10 Å². The van der Waals surface area contributed by atoms with Crippen LogP contribution >= 0.6 is 15.9 Å². The van der Waals surface area contributed by atoms with E-state index in [1.54, 1.807) is 0 Å². The molecule has 3 nitrogen and oxygen atoms in total. The highest BCUT2D eigenvalue weighted by molar-refractivity contribution is 9.10. The molecule has 1 fully saturated rings. The zero-order valence-electron chi connectivity index (χ0n) is 10.9. The maximum absolute atomic E-state index is 5.91. The van der Waals surface area contributed by atoms with E-state index in [9.17, 15) is 0 Å². The molecule has 18 heavy (non-hydrogen) atoms. The van der Waals surface area contributed by atoms with Crippen LogP contribution in [0, 0.1) is 0 Å². The Kier molecular flexibility index (Phi) is 5.03. The number of rotatable bonds is 4. The van der Waals surface area contributed by atoms with E-state index in [0.717, 1.165) is 29.9 Å². The minimum atomic E-state index is 0.155. The number of halogens is 1. The van der Waals surface area contributed by atoms with Crippen molar-refractivity contribution >= 4 is 15.9 Å². The van der Waals surface area contributed by atoms with Gasteiger partial charge in [0, 0.05) is 17.6 Å². The molecule has 0 aromatic heterocycles. The van der Waals surface area contributed by atoms with Crippen molar-refractivity contribution in [1.29, 1.82) is 0 Å². The van der Waals surface area contributed by atoms with Gasteiger partial charge in [0.05, 0.1) is 6.61 Å². The van der Waals surface area contributed by atoms with Crippen molar-refractivity contribution in [1.82, 2.24) is 5.32 Å². The first kappa shape index (κ1) is 13.8. The van der Waals surface area contributed by atoms with E-state index < -0.39 is 0 Å². The molecule has 1 aliphatic heterocycles. The fraction of sp³-hybridized carbons (Fsp3) is 0.571. The van der Waals surface area contributed by atoms with Gasteiger partial charge in [-0.05, 0) is 29.7 Å². The number of morpholine rings is 1. The smallest absolute Gasteiger partial charge is 0.122 e. The minimum absolute atomic E-state index is 0.155. The monoisotopic (exact) mass is 313 g/mol. The molecule has 1 aromatic rings. The summed E-state index contributed by atoms with van der Waals surface area (Å²) in [7, 11) is 0. The molecule has 1 unspecified atom stereocenters. The van der Waals surface area contributed by atoms with Gasteiger partial charge in [0.15, 0.2) is 0 Å². The Morgan fingerprint density at radius 1 is 1.50 bits per heavy atom. The van der Waals surface area contributed by atoms with Crippen LogP contribution < -0.4 is 10.1 Å². The molecular formula is C14H20BrNO2. The molecule has 0 bridgehead atoms. The second-order valence-corrected chi connectivity index (χ2v) is 5.76. The van der Waals surface area contributed by atoms with Gasteiger partial charge in [0.25, 0.3) is 0 Å². The quantitative estimate of drug-likeness (QED) is 0.927. The Bertz CT molecular complexity index is 389. The van der Waals surface area contributed by atoms with E-state index in [1.807, 2.05) is 12.1 Å². The Morgan fingerprint density at radius 3 is 3.00 bits per heavy atom. The molecule has 0 amide bonds.